The van der Waals surface area contributed by atoms with Crippen molar-refractivity contribution in [3.05, 3.63) is 0 Å². The van der Waals surface area contributed by atoms with Crippen molar-refractivity contribution in [1.29, 1.82) is 0 Å². The van der Waals surface area contributed by atoms with E-state index in [1.165, 1.54) is 6.42 Å². The Bertz CT molecular complexity index is 123. The van der Waals surface area contributed by atoms with Crippen LogP contribution in [0.15, 0.2) is 0 Å². The van der Waals surface area contributed by atoms with Gasteiger partial charge in [0.05, 0.1) is 0 Å². The Kier molecular flexibility index (Phi) is 2.90. The molecule has 1 saturated carbocycles. The number of ether oxygens (including phenoxy) is 1. The van der Waals surface area contributed by atoms with E-state index in [-0.39, 0.29) is 0 Å². The first-order valence-corrected chi connectivity index (χ1v) is 4.39. The maximum atomic E-state index is 4.96. The Hall–Kier alpha value is -0.0800. The maximum Gasteiger partial charge on any atom is 0.0474 e. The second-order valence-corrected chi connectivity index (χ2v) is 4.05. The number of rotatable bonds is 5. The van der Waals surface area contributed by atoms with Crippen LogP contribution in [-0.2, 0) is 4.74 Å². The molecule has 0 heterocycles. The quantitative estimate of drug-likeness (QED) is 0.609. The van der Waals surface area contributed by atoms with Crippen molar-refractivity contribution in [1.82, 2.24) is 5.32 Å². The highest BCUT2D eigenvalue weighted by atomic mass is 16.5. The highest BCUT2D eigenvalue weighted by molar-refractivity contribution is 5.01. The summed E-state index contributed by atoms with van der Waals surface area (Å²) in [5.74, 6) is 0. The Balaban J connectivity index is 1.90. The van der Waals surface area contributed by atoms with E-state index in [2.05, 4.69) is 19.2 Å². The summed E-state index contributed by atoms with van der Waals surface area (Å²) in [6.07, 6.45) is 2.46. The van der Waals surface area contributed by atoms with E-state index >= 15 is 0 Å². The molecular weight excluding hydrogens is 138 g/mol. The zero-order valence-electron chi connectivity index (χ0n) is 7.81. The minimum atomic E-state index is 0.563. The molecule has 2 heteroatoms. The topological polar surface area (TPSA) is 21.3 Å². The normalized spacial score (nSPS) is 27.0. The third-order valence-electron chi connectivity index (χ3n) is 2.43. The fraction of sp³-hybridized carbons (Fsp3) is 1.00. The van der Waals surface area contributed by atoms with Crippen LogP contribution in [0.3, 0.4) is 0 Å². The summed E-state index contributed by atoms with van der Waals surface area (Å²) in [6.45, 7) is 6.59. The van der Waals surface area contributed by atoms with E-state index in [0.717, 1.165) is 25.6 Å². The lowest BCUT2D eigenvalue weighted by atomic mass is 10.2. The van der Waals surface area contributed by atoms with Gasteiger partial charge < -0.3 is 10.1 Å². The molecular formula is C9H19NO. The van der Waals surface area contributed by atoms with Crippen molar-refractivity contribution in [2.24, 2.45) is 5.41 Å². The molecule has 0 radical (unpaired) electrons. The van der Waals surface area contributed by atoms with Crippen molar-refractivity contribution in [3.63, 3.8) is 0 Å². The second kappa shape index (κ2) is 3.55. The molecule has 1 rings (SSSR count). The molecule has 0 amide bonds. The summed E-state index contributed by atoms with van der Waals surface area (Å²) < 4.78 is 4.96. The highest BCUT2D eigenvalue weighted by Gasteiger charge is 2.44. The summed E-state index contributed by atoms with van der Waals surface area (Å²) >= 11 is 0. The lowest BCUT2D eigenvalue weighted by Crippen LogP contribution is -2.22. The minimum Gasteiger partial charge on any atom is -0.385 e. The highest BCUT2D eigenvalue weighted by Crippen LogP contribution is 2.44. The van der Waals surface area contributed by atoms with Gasteiger partial charge in [0.25, 0.3) is 0 Å². The van der Waals surface area contributed by atoms with Crippen LogP contribution >= 0.6 is 0 Å². The SMILES string of the molecule is COCCCNC1CC1(C)C. The molecule has 1 fully saturated rings. The van der Waals surface area contributed by atoms with Gasteiger partial charge in [0.15, 0.2) is 0 Å². The van der Waals surface area contributed by atoms with Gasteiger partial charge in [-0.3, -0.25) is 0 Å². The van der Waals surface area contributed by atoms with Gasteiger partial charge in [-0.25, -0.2) is 0 Å². The average molecular weight is 157 g/mol. The molecule has 1 atom stereocenters. The molecule has 0 aromatic rings. The van der Waals surface area contributed by atoms with Gasteiger partial charge in [-0.2, -0.15) is 0 Å². The molecule has 1 aliphatic carbocycles. The van der Waals surface area contributed by atoms with Gasteiger partial charge in [0, 0.05) is 19.8 Å². The standard InChI is InChI=1S/C9H19NO/c1-9(2)7-8(9)10-5-4-6-11-3/h8,10H,4-7H2,1-3H3. The van der Waals surface area contributed by atoms with Crippen LogP contribution in [0.25, 0.3) is 0 Å². The third kappa shape index (κ3) is 2.80. The van der Waals surface area contributed by atoms with Crippen LogP contribution in [0.1, 0.15) is 26.7 Å². The van der Waals surface area contributed by atoms with Crippen molar-refractivity contribution < 1.29 is 4.74 Å². The molecule has 0 saturated heterocycles. The van der Waals surface area contributed by atoms with Gasteiger partial charge in [-0.1, -0.05) is 13.8 Å². The number of hydrogen-bond donors (Lipinski definition) is 1. The van der Waals surface area contributed by atoms with Crippen LogP contribution in [0.5, 0.6) is 0 Å². The lowest BCUT2D eigenvalue weighted by Gasteiger charge is -2.05. The van der Waals surface area contributed by atoms with Crippen molar-refractivity contribution in [3.8, 4) is 0 Å². The van der Waals surface area contributed by atoms with E-state index in [9.17, 15) is 0 Å². The van der Waals surface area contributed by atoms with Gasteiger partial charge in [-0.15, -0.1) is 0 Å². The molecule has 0 aliphatic heterocycles. The van der Waals surface area contributed by atoms with Gasteiger partial charge in [0.2, 0.25) is 0 Å². The summed E-state index contributed by atoms with van der Waals surface area (Å²) in [5.41, 5.74) is 0.563. The summed E-state index contributed by atoms with van der Waals surface area (Å²) in [5, 5.41) is 3.50. The first-order chi connectivity index (χ1) is 5.17. The van der Waals surface area contributed by atoms with Crippen molar-refractivity contribution >= 4 is 0 Å². The molecule has 2 nitrogen and oxygen atoms in total. The maximum absolute atomic E-state index is 4.96. The van der Waals surface area contributed by atoms with E-state index in [1.54, 1.807) is 7.11 Å². The van der Waals surface area contributed by atoms with E-state index in [1.807, 2.05) is 0 Å². The zero-order valence-corrected chi connectivity index (χ0v) is 7.81. The largest absolute Gasteiger partial charge is 0.385 e. The first kappa shape index (κ1) is 9.01. The first-order valence-electron chi connectivity index (χ1n) is 4.39. The van der Waals surface area contributed by atoms with Crippen molar-refractivity contribution in [2.75, 3.05) is 20.3 Å². The number of hydrogen-bond acceptors (Lipinski definition) is 2. The molecule has 1 unspecified atom stereocenters. The van der Waals surface area contributed by atoms with Crippen LogP contribution < -0.4 is 5.32 Å². The Labute approximate surface area is 69.3 Å². The number of nitrogens with one attached hydrogen (secondary N) is 1. The molecule has 1 aliphatic rings. The molecule has 0 aromatic heterocycles. The van der Waals surface area contributed by atoms with E-state index in [4.69, 9.17) is 4.74 Å². The summed E-state index contributed by atoms with van der Waals surface area (Å²) in [7, 11) is 1.75. The smallest absolute Gasteiger partial charge is 0.0474 e. The van der Waals surface area contributed by atoms with Crippen LogP contribution in [0.4, 0.5) is 0 Å². The van der Waals surface area contributed by atoms with Crippen LogP contribution in [0.2, 0.25) is 0 Å². The summed E-state index contributed by atoms with van der Waals surface area (Å²) in [6, 6.07) is 0.763. The van der Waals surface area contributed by atoms with Crippen molar-refractivity contribution in [2.45, 2.75) is 32.7 Å². The van der Waals surface area contributed by atoms with Gasteiger partial charge in [-0.05, 0) is 24.8 Å². The monoisotopic (exact) mass is 157 g/mol. The van der Waals surface area contributed by atoms with E-state index < -0.39 is 0 Å². The van der Waals surface area contributed by atoms with E-state index in [0.29, 0.717) is 5.41 Å². The molecule has 1 N–H and O–H groups in total. The van der Waals surface area contributed by atoms with Gasteiger partial charge >= 0.3 is 0 Å². The predicted octanol–water partition coefficient (Wildman–Crippen LogP) is 1.41. The Morgan fingerprint density at radius 2 is 2.18 bits per heavy atom. The third-order valence-corrected chi connectivity index (χ3v) is 2.43. The number of methoxy groups -OCH3 is 1. The second-order valence-electron chi connectivity index (χ2n) is 4.05. The Morgan fingerprint density at radius 3 is 2.64 bits per heavy atom. The van der Waals surface area contributed by atoms with Crippen LogP contribution in [-0.4, -0.2) is 26.3 Å². The average Bonchev–Trinajstić information content (AvgIpc) is 2.52. The molecule has 66 valence electrons. The predicted molar refractivity (Wildman–Crippen MR) is 46.7 cm³/mol. The van der Waals surface area contributed by atoms with Gasteiger partial charge in [0.1, 0.15) is 0 Å². The molecule has 11 heavy (non-hydrogen) atoms. The fourth-order valence-corrected chi connectivity index (χ4v) is 1.31. The molecule has 0 spiro atoms. The van der Waals surface area contributed by atoms with Crippen LogP contribution in [0, 0.1) is 5.41 Å². The lowest BCUT2D eigenvalue weighted by molar-refractivity contribution is 0.194. The zero-order chi connectivity index (χ0) is 8.32. The molecule has 0 aromatic carbocycles. The minimum absolute atomic E-state index is 0.563. The Morgan fingerprint density at radius 1 is 1.55 bits per heavy atom. The summed E-state index contributed by atoms with van der Waals surface area (Å²) in [4.78, 5) is 0. The molecule has 0 bridgehead atoms. The fourth-order valence-electron chi connectivity index (χ4n) is 1.31.